The van der Waals surface area contributed by atoms with Crippen LogP contribution in [0.25, 0.3) is 6.08 Å². The second-order valence-corrected chi connectivity index (χ2v) is 10.3. The predicted molar refractivity (Wildman–Crippen MR) is 157 cm³/mol. The largest absolute Gasteiger partial charge is 0.490 e. The maximum atomic E-state index is 12.7. The maximum Gasteiger partial charge on any atom is 0.264 e. The number of nitrogens with one attached hydrogen (secondary N) is 1. The molecule has 1 N–H and O–H groups in total. The number of ether oxygens (including phenoxy) is 2. The summed E-state index contributed by atoms with van der Waals surface area (Å²) in [5.74, 6) is 1.15. The summed E-state index contributed by atoms with van der Waals surface area (Å²) >= 11 is 4.79. The molecule has 5 nitrogen and oxygen atoms in total. The zero-order valence-corrected chi connectivity index (χ0v) is 23.3. The molecule has 4 rings (SSSR count). The summed E-state index contributed by atoms with van der Waals surface area (Å²) < 4.78 is 13.2. The van der Waals surface area contributed by atoms with E-state index in [9.17, 15) is 4.79 Å². The van der Waals surface area contributed by atoms with Crippen LogP contribution in [-0.4, -0.2) is 17.7 Å². The first-order valence-electron chi connectivity index (χ1n) is 12.2. The number of amidine groups is 1. The van der Waals surface area contributed by atoms with E-state index in [1.807, 2.05) is 79.7 Å². The van der Waals surface area contributed by atoms with Gasteiger partial charge in [0.2, 0.25) is 0 Å². The van der Waals surface area contributed by atoms with E-state index in [0.717, 1.165) is 33.3 Å². The number of hydrogen-bond donors (Lipinski definition) is 1. The van der Waals surface area contributed by atoms with E-state index in [2.05, 4.69) is 39.7 Å². The highest BCUT2D eigenvalue weighted by atomic mass is 79.9. The molecule has 190 valence electrons. The van der Waals surface area contributed by atoms with Gasteiger partial charge >= 0.3 is 0 Å². The van der Waals surface area contributed by atoms with Crippen LogP contribution >= 0.6 is 27.7 Å². The van der Waals surface area contributed by atoms with Crippen molar-refractivity contribution in [3.8, 4) is 11.5 Å². The zero-order valence-electron chi connectivity index (χ0n) is 20.9. The van der Waals surface area contributed by atoms with Crippen molar-refractivity contribution in [3.63, 3.8) is 0 Å². The lowest BCUT2D eigenvalue weighted by atomic mass is 10.0. The number of carbonyl (C=O) groups excluding carboxylic acids is 1. The van der Waals surface area contributed by atoms with E-state index >= 15 is 0 Å². The molecule has 1 saturated heterocycles. The van der Waals surface area contributed by atoms with Gasteiger partial charge in [-0.3, -0.25) is 4.79 Å². The molecule has 1 fully saturated rings. The number of allylic oxidation sites excluding steroid dienone is 1. The number of aryl methyl sites for hydroxylation is 1. The third kappa shape index (κ3) is 7.14. The average Bonchev–Trinajstić information content (AvgIpc) is 3.23. The molecule has 1 aliphatic rings. The minimum atomic E-state index is -0.173. The first-order chi connectivity index (χ1) is 18.0. The maximum absolute atomic E-state index is 12.7. The quantitative estimate of drug-likeness (QED) is 0.199. The number of nitrogens with zero attached hydrogens (tertiary/aromatic N) is 1. The van der Waals surface area contributed by atoms with Gasteiger partial charge in [-0.05, 0) is 90.7 Å². The standard InChI is InChI=1S/C30H29BrN2O3S/c1-4-7-23-16-22(17-26(35-6-3)28(23)36-19-21-8-12-24(31)13-9-21)18-27-29(34)33-30(37-27)32-25-14-10-20(5-2)11-15-25/h4,8-18H,1,5-7,19H2,2-3H3,(H,32,33,34)/b27-18-. The molecule has 1 aliphatic heterocycles. The van der Waals surface area contributed by atoms with Gasteiger partial charge in [0.15, 0.2) is 16.7 Å². The third-order valence-electron chi connectivity index (χ3n) is 5.64. The Kier molecular flexibility index (Phi) is 9.25. The van der Waals surface area contributed by atoms with Crippen LogP contribution in [0.2, 0.25) is 0 Å². The van der Waals surface area contributed by atoms with Crippen molar-refractivity contribution >= 4 is 50.5 Å². The zero-order chi connectivity index (χ0) is 26.2. The van der Waals surface area contributed by atoms with Crippen molar-refractivity contribution in [1.29, 1.82) is 0 Å². The van der Waals surface area contributed by atoms with Gasteiger partial charge in [-0.15, -0.1) is 6.58 Å². The minimum Gasteiger partial charge on any atom is -0.490 e. The van der Waals surface area contributed by atoms with Crippen molar-refractivity contribution in [2.24, 2.45) is 4.99 Å². The van der Waals surface area contributed by atoms with E-state index < -0.39 is 0 Å². The number of hydrogen-bond acceptors (Lipinski definition) is 5. The summed E-state index contributed by atoms with van der Waals surface area (Å²) in [5.41, 5.74) is 4.90. The van der Waals surface area contributed by atoms with Crippen molar-refractivity contribution in [2.75, 3.05) is 6.61 Å². The Morgan fingerprint density at radius 2 is 1.76 bits per heavy atom. The number of carbonyl (C=O) groups is 1. The fourth-order valence-corrected chi connectivity index (χ4v) is 4.90. The van der Waals surface area contributed by atoms with Crippen LogP contribution in [0.15, 0.2) is 87.7 Å². The van der Waals surface area contributed by atoms with Gasteiger partial charge in [0.05, 0.1) is 17.2 Å². The molecule has 0 unspecified atom stereocenters. The molecule has 7 heteroatoms. The van der Waals surface area contributed by atoms with Crippen LogP contribution in [0.3, 0.4) is 0 Å². The fraction of sp³-hybridized carbons (Fsp3) is 0.200. The second kappa shape index (κ2) is 12.8. The van der Waals surface area contributed by atoms with Crippen molar-refractivity contribution in [2.45, 2.75) is 33.3 Å². The highest BCUT2D eigenvalue weighted by molar-refractivity contribution is 9.10. The predicted octanol–water partition coefficient (Wildman–Crippen LogP) is 7.61. The van der Waals surface area contributed by atoms with Crippen LogP contribution in [0.4, 0.5) is 5.69 Å². The van der Waals surface area contributed by atoms with E-state index in [0.29, 0.717) is 41.2 Å². The van der Waals surface area contributed by atoms with Crippen molar-refractivity contribution in [1.82, 2.24) is 5.32 Å². The lowest BCUT2D eigenvalue weighted by Gasteiger charge is -2.17. The topological polar surface area (TPSA) is 59.9 Å². The Bertz CT molecular complexity index is 1330. The van der Waals surface area contributed by atoms with Crippen molar-refractivity contribution in [3.05, 3.63) is 105 Å². The molecule has 37 heavy (non-hydrogen) atoms. The van der Waals surface area contributed by atoms with Gasteiger partial charge in [-0.1, -0.05) is 53.2 Å². The number of aliphatic imine (C=N–C) groups is 1. The van der Waals surface area contributed by atoms with Crippen molar-refractivity contribution < 1.29 is 14.3 Å². The summed E-state index contributed by atoms with van der Waals surface area (Å²) in [7, 11) is 0. The molecule has 0 bridgehead atoms. The Balaban J connectivity index is 1.59. The van der Waals surface area contributed by atoms with Crippen LogP contribution in [0.1, 0.15) is 36.1 Å². The van der Waals surface area contributed by atoms with Gasteiger partial charge in [-0.25, -0.2) is 4.99 Å². The lowest BCUT2D eigenvalue weighted by molar-refractivity contribution is -0.115. The van der Waals surface area contributed by atoms with Gasteiger partial charge < -0.3 is 14.8 Å². The van der Waals surface area contributed by atoms with Gasteiger partial charge in [0.25, 0.3) is 5.91 Å². The summed E-state index contributed by atoms with van der Waals surface area (Å²) in [5, 5.41) is 3.43. The van der Waals surface area contributed by atoms with Crippen LogP contribution in [0.5, 0.6) is 11.5 Å². The third-order valence-corrected chi connectivity index (χ3v) is 7.08. The molecule has 3 aromatic rings. The van der Waals surface area contributed by atoms with Gasteiger partial charge in [-0.2, -0.15) is 0 Å². The molecule has 0 saturated carbocycles. The molecule has 0 atom stereocenters. The number of halogens is 1. The lowest BCUT2D eigenvalue weighted by Crippen LogP contribution is -2.19. The Hall–Kier alpha value is -3.29. The molecule has 3 aromatic carbocycles. The van der Waals surface area contributed by atoms with Gasteiger partial charge in [0, 0.05) is 10.0 Å². The summed E-state index contributed by atoms with van der Waals surface area (Å²) in [6.07, 6.45) is 5.27. The summed E-state index contributed by atoms with van der Waals surface area (Å²) in [6, 6.07) is 20.0. The fourth-order valence-electron chi connectivity index (χ4n) is 3.79. The van der Waals surface area contributed by atoms with Crippen LogP contribution in [0, 0.1) is 0 Å². The Labute approximate surface area is 230 Å². The molecule has 0 radical (unpaired) electrons. The summed E-state index contributed by atoms with van der Waals surface area (Å²) in [4.78, 5) is 17.9. The Morgan fingerprint density at radius 1 is 1.03 bits per heavy atom. The molecule has 0 spiro atoms. The average molecular weight is 578 g/mol. The first-order valence-corrected chi connectivity index (χ1v) is 13.8. The monoisotopic (exact) mass is 576 g/mol. The van der Waals surface area contributed by atoms with E-state index in [1.54, 1.807) is 0 Å². The number of benzene rings is 3. The molecular formula is C30H29BrN2O3S. The normalized spacial score (nSPS) is 15.2. The molecular weight excluding hydrogens is 548 g/mol. The molecule has 1 amide bonds. The highest BCUT2D eigenvalue weighted by Crippen LogP contribution is 2.37. The number of amides is 1. The smallest absolute Gasteiger partial charge is 0.264 e. The molecule has 0 aliphatic carbocycles. The molecule has 0 aromatic heterocycles. The summed E-state index contributed by atoms with van der Waals surface area (Å²) in [6.45, 7) is 8.86. The van der Waals surface area contributed by atoms with Crippen LogP contribution < -0.4 is 14.8 Å². The van der Waals surface area contributed by atoms with E-state index in [1.165, 1.54) is 17.3 Å². The SMILES string of the molecule is C=CCc1cc(/C=C2\SC(=Nc3ccc(CC)cc3)NC2=O)cc(OCC)c1OCc1ccc(Br)cc1. The number of rotatable bonds is 10. The van der Waals surface area contributed by atoms with Gasteiger partial charge in [0.1, 0.15) is 6.61 Å². The first kappa shape index (κ1) is 26.8. The minimum absolute atomic E-state index is 0.173. The van der Waals surface area contributed by atoms with E-state index in [-0.39, 0.29) is 5.91 Å². The highest BCUT2D eigenvalue weighted by Gasteiger charge is 2.24. The van der Waals surface area contributed by atoms with Crippen LogP contribution in [-0.2, 0) is 24.2 Å². The number of thioether (sulfide) groups is 1. The molecule has 1 heterocycles. The Morgan fingerprint density at radius 3 is 2.43 bits per heavy atom. The van der Waals surface area contributed by atoms with E-state index in [4.69, 9.17) is 9.47 Å². The second-order valence-electron chi connectivity index (χ2n) is 8.35.